The summed E-state index contributed by atoms with van der Waals surface area (Å²) in [4.78, 5) is 23.5. The Balaban J connectivity index is 2.52. The molecule has 3 N–H and O–H groups in total. The van der Waals surface area contributed by atoms with Gasteiger partial charge < -0.3 is 25.2 Å². The molecular formula is C9H13N3O5. The SMILES string of the molecule is N#CC1CN(C(=O)NC(CO)C(=O)O)CCO1. The molecule has 1 aliphatic heterocycles. The molecular weight excluding hydrogens is 230 g/mol. The standard InChI is InChI=1S/C9H13N3O5/c10-3-6-4-12(1-2-17-6)9(16)11-7(5-13)8(14)15/h6-7,13H,1-2,4-5H2,(H,11,16)(H,14,15). The minimum Gasteiger partial charge on any atom is -0.480 e. The third-order valence-electron chi connectivity index (χ3n) is 2.28. The van der Waals surface area contributed by atoms with E-state index in [9.17, 15) is 9.59 Å². The monoisotopic (exact) mass is 243 g/mol. The number of rotatable bonds is 3. The molecule has 17 heavy (non-hydrogen) atoms. The number of ether oxygens (including phenoxy) is 1. The Morgan fingerprint density at radius 1 is 1.65 bits per heavy atom. The lowest BCUT2D eigenvalue weighted by Crippen LogP contribution is -2.54. The molecule has 1 rings (SSSR count). The van der Waals surface area contributed by atoms with Crippen LogP contribution in [-0.4, -0.2) is 65.6 Å². The number of hydrogen-bond donors (Lipinski definition) is 3. The van der Waals surface area contributed by atoms with E-state index in [4.69, 9.17) is 20.2 Å². The van der Waals surface area contributed by atoms with Crippen molar-refractivity contribution in [3.8, 4) is 6.07 Å². The predicted octanol–water partition coefficient (Wildman–Crippen LogP) is -1.63. The van der Waals surface area contributed by atoms with Crippen LogP contribution in [0.4, 0.5) is 4.79 Å². The highest BCUT2D eigenvalue weighted by atomic mass is 16.5. The average Bonchev–Trinajstić information content (AvgIpc) is 2.35. The predicted molar refractivity (Wildman–Crippen MR) is 54.0 cm³/mol. The zero-order chi connectivity index (χ0) is 12.8. The summed E-state index contributed by atoms with van der Waals surface area (Å²) in [7, 11) is 0. The van der Waals surface area contributed by atoms with E-state index in [1.165, 1.54) is 4.90 Å². The Kier molecular flexibility index (Phi) is 4.68. The van der Waals surface area contributed by atoms with Crippen molar-refractivity contribution in [2.45, 2.75) is 12.1 Å². The zero-order valence-corrected chi connectivity index (χ0v) is 9.00. The van der Waals surface area contributed by atoms with Crippen LogP contribution in [0.1, 0.15) is 0 Å². The lowest BCUT2D eigenvalue weighted by molar-refractivity contribution is -0.140. The Morgan fingerprint density at radius 2 is 2.35 bits per heavy atom. The van der Waals surface area contributed by atoms with Crippen LogP contribution in [0, 0.1) is 11.3 Å². The number of nitrogens with zero attached hydrogens (tertiary/aromatic N) is 2. The van der Waals surface area contributed by atoms with Gasteiger partial charge in [0.15, 0.2) is 12.1 Å². The number of nitrogens with one attached hydrogen (secondary N) is 1. The molecule has 0 radical (unpaired) electrons. The van der Waals surface area contributed by atoms with Gasteiger partial charge in [0.1, 0.15) is 0 Å². The fourth-order valence-corrected chi connectivity index (χ4v) is 1.34. The molecule has 8 heteroatoms. The van der Waals surface area contributed by atoms with Gasteiger partial charge >= 0.3 is 12.0 Å². The van der Waals surface area contributed by atoms with Gasteiger partial charge in [0.2, 0.25) is 0 Å². The molecule has 0 spiro atoms. The number of carboxylic acids is 1. The molecule has 94 valence electrons. The lowest BCUT2D eigenvalue weighted by atomic mass is 10.3. The topological polar surface area (TPSA) is 123 Å². The fraction of sp³-hybridized carbons (Fsp3) is 0.667. The highest BCUT2D eigenvalue weighted by Gasteiger charge is 2.27. The second-order valence-electron chi connectivity index (χ2n) is 3.46. The van der Waals surface area contributed by atoms with Crippen LogP contribution in [0.3, 0.4) is 0 Å². The number of urea groups is 1. The van der Waals surface area contributed by atoms with Crippen LogP contribution in [0.25, 0.3) is 0 Å². The summed E-state index contributed by atoms with van der Waals surface area (Å²) in [5.74, 6) is -1.31. The molecule has 0 aromatic rings. The summed E-state index contributed by atoms with van der Waals surface area (Å²) in [5.41, 5.74) is 0. The molecule has 1 saturated heterocycles. The summed E-state index contributed by atoms with van der Waals surface area (Å²) in [6.45, 7) is -0.0997. The second-order valence-corrected chi connectivity index (χ2v) is 3.46. The number of amides is 2. The van der Waals surface area contributed by atoms with Gasteiger partial charge in [0.05, 0.1) is 25.8 Å². The van der Waals surface area contributed by atoms with Crippen molar-refractivity contribution in [3.05, 3.63) is 0 Å². The van der Waals surface area contributed by atoms with Crippen molar-refractivity contribution >= 4 is 12.0 Å². The maximum Gasteiger partial charge on any atom is 0.328 e. The van der Waals surface area contributed by atoms with Crippen molar-refractivity contribution in [1.29, 1.82) is 5.26 Å². The highest BCUT2D eigenvalue weighted by Crippen LogP contribution is 2.04. The number of morpholine rings is 1. The first kappa shape index (κ1) is 13.2. The number of hydrogen-bond acceptors (Lipinski definition) is 5. The normalized spacial score (nSPS) is 21.4. The Bertz CT molecular complexity index is 340. The largest absolute Gasteiger partial charge is 0.480 e. The molecule has 1 fully saturated rings. The van der Waals surface area contributed by atoms with Crippen LogP contribution < -0.4 is 5.32 Å². The number of carbonyl (C=O) groups is 2. The van der Waals surface area contributed by atoms with E-state index in [1.54, 1.807) is 0 Å². The number of aliphatic hydroxyl groups excluding tert-OH is 1. The van der Waals surface area contributed by atoms with Crippen molar-refractivity contribution in [2.75, 3.05) is 26.3 Å². The third-order valence-corrected chi connectivity index (χ3v) is 2.28. The number of nitriles is 1. The number of carbonyl (C=O) groups excluding carboxylic acids is 1. The molecule has 0 aromatic heterocycles. The van der Waals surface area contributed by atoms with Crippen molar-refractivity contribution in [1.82, 2.24) is 10.2 Å². The van der Waals surface area contributed by atoms with Crippen LogP contribution in [-0.2, 0) is 9.53 Å². The second kappa shape index (κ2) is 6.03. The van der Waals surface area contributed by atoms with Crippen LogP contribution >= 0.6 is 0 Å². The van der Waals surface area contributed by atoms with Gasteiger partial charge in [-0.1, -0.05) is 0 Å². The quantitative estimate of drug-likeness (QED) is 0.546. The Hall–Kier alpha value is -1.85. The third kappa shape index (κ3) is 3.58. The highest BCUT2D eigenvalue weighted by molar-refractivity contribution is 5.82. The summed E-state index contributed by atoms with van der Waals surface area (Å²) in [6.07, 6.45) is -0.702. The summed E-state index contributed by atoms with van der Waals surface area (Å²) < 4.78 is 5.04. The van der Waals surface area contributed by atoms with Gasteiger partial charge in [-0.05, 0) is 0 Å². The van der Waals surface area contributed by atoms with Gasteiger partial charge in [-0.25, -0.2) is 9.59 Å². The maximum atomic E-state index is 11.6. The molecule has 1 aliphatic rings. The molecule has 0 bridgehead atoms. The summed E-state index contributed by atoms with van der Waals surface area (Å²) >= 11 is 0. The van der Waals surface area contributed by atoms with Gasteiger partial charge in [-0.2, -0.15) is 5.26 Å². The van der Waals surface area contributed by atoms with E-state index in [0.29, 0.717) is 0 Å². The molecule has 2 atom stereocenters. The Morgan fingerprint density at radius 3 is 2.88 bits per heavy atom. The van der Waals surface area contributed by atoms with E-state index in [-0.39, 0.29) is 19.7 Å². The molecule has 0 aliphatic carbocycles. The maximum absolute atomic E-state index is 11.6. The molecule has 1 heterocycles. The van der Waals surface area contributed by atoms with Crippen molar-refractivity contribution in [2.24, 2.45) is 0 Å². The van der Waals surface area contributed by atoms with Gasteiger partial charge in [0, 0.05) is 6.54 Å². The molecule has 2 unspecified atom stereocenters. The van der Waals surface area contributed by atoms with Crippen LogP contribution in [0.15, 0.2) is 0 Å². The van der Waals surface area contributed by atoms with E-state index in [2.05, 4.69) is 5.32 Å². The van der Waals surface area contributed by atoms with Crippen LogP contribution in [0.2, 0.25) is 0 Å². The van der Waals surface area contributed by atoms with Crippen LogP contribution in [0.5, 0.6) is 0 Å². The van der Waals surface area contributed by atoms with E-state index < -0.39 is 30.8 Å². The first-order valence-electron chi connectivity index (χ1n) is 4.98. The first-order valence-corrected chi connectivity index (χ1v) is 4.98. The summed E-state index contributed by atoms with van der Waals surface area (Å²) in [5, 5.41) is 28.2. The number of carboxylic acid groups (broad SMARTS) is 1. The van der Waals surface area contributed by atoms with Gasteiger partial charge in [0.25, 0.3) is 0 Å². The minimum atomic E-state index is -1.34. The molecule has 8 nitrogen and oxygen atoms in total. The average molecular weight is 243 g/mol. The molecule has 0 aromatic carbocycles. The molecule has 2 amide bonds. The number of aliphatic hydroxyl groups is 1. The smallest absolute Gasteiger partial charge is 0.328 e. The van der Waals surface area contributed by atoms with Crippen molar-refractivity contribution < 1.29 is 24.5 Å². The van der Waals surface area contributed by atoms with Crippen molar-refractivity contribution in [3.63, 3.8) is 0 Å². The zero-order valence-electron chi connectivity index (χ0n) is 9.00. The fourth-order valence-electron chi connectivity index (χ4n) is 1.34. The Labute approximate surface area is 97.4 Å². The lowest BCUT2D eigenvalue weighted by Gasteiger charge is -2.30. The van der Waals surface area contributed by atoms with E-state index in [1.807, 2.05) is 6.07 Å². The minimum absolute atomic E-state index is 0.0834. The first-order chi connectivity index (χ1) is 8.08. The van der Waals surface area contributed by atoms with Gasteiger partial charge in [-0.15, -0.1) is 0 Å². The number of aliphatic carboxylic acids is 1. The van der Waals surface area contributed by atoms with E-state index in [0.717, 1.165) is 0 Å². The summed E-state index contributed by atoms with van der Waals surface area (Å²) in [6, 6.07) is -0.102. The molecule has 0 saturated carbocycles. The van der Waals surface area contributed by atoms with Gasteiger partial charge in [-0.3, -0.25) is 0 Å². The van der Waals surface area contributed by atoms with E-state index >= 15 is 0 Å².